The van der Waals surface area contributed by atoms with Gasteiger partial charge >= 0.3 is 83.4 Å². The molecule has 0 fully saturated rings. The van der Waals surface area contributed by atoms with Gasteiger partial charge in [0.15, 0.2) is 0 Å². The predicted molar refractivity (Wildman–Crippen MR) is 55.9 cm³/mol. The summed E-state index contributed by atoms with van der Waals surface area (Å²) in [5.41, 5.74) is 0. The third-order valence-corrected chi connectivity index (χ3v) is 20.6. The van der Waals surface area contributed by atoms with Gasteiger partial charge in [-0.25, -0.2) is 0 Å². The first kappa shape index (κ1) is 12.3. The molecule has 0 rings (SSSR count). The Morgan fingerprint density at radius 3 is 1.64 bits per heavy atom. The summed E-state index contributed by atoms with van der Waals surface area (Å²) in [4.78, 5) is 10.5. The van der Waals surface area contributed by atoms with Crippen molar-refractivity contribution in [2.45, 2.75) is 19.6 Å². The van der Waals surface area contributed by atoms with Crippen LogP contribution in [0.4, 0.5) is 0 Å². The van der Waals surface area contributed by atoms with E-state index in [0.29, 0.717) is 3.21 Å². The third kappa shape index (κ3) is 4.20. The van der Waals surface area contributed by atoms with Crippen LogP contribution in [0, 0.1) is 0 Å². The Morgan fingerprint density at radius 1 is 1.27 bits per heavy atom. The molecule has 0 aliphatic heterocycles. The van der Waals surface area contributed by atoms with Crippen molar-refractivity contribution in [2.75, 3.05) is 0 Å². The van der Waals surface area contributed by atoms with Crippen molar-refractivity contribution in [1.29, 1.82) is 0 Å². The first-order valence-corrected chi connectivity index (χ1v) is 18.8. The summed E-state index contributed by atoms with van der Waals surface area (Å²) in [6, 6.07) is 0. The summed E-state index contributed by atoms with van der Waals surface area (Å²) in [5, 5.41) is 0. The Morgan fingerprint density at radius 2 is 1.64 bits per heavy atom. The summed E-state index contributed by atoms with van der Waals surface area (Å²) in [5.74, 6) is 1.81. The zero-order valence-electron chi connectivity index (χ0n) is 6.54. The molecule has 6 heteroatoms. The van der Waals surface area contributed by atoms with Crippen molar-refractivity contribution in [3.8, 4) is 0 Å². The van der Waals surface area contributed by atoms with E-state index in [1.807, 2.05) is 25.6 Å². The summed E-state index contributed by atoms with van der Waals surface area (Å²) < 4.78 is 0.497. The molecule has 0 heterocycles. The average molecular weight is 338 g/mol. The second-order valence-electron chi connectivity index (χ2n) is 3.22. The topological polar surface area (TPSA) is 17.1 Å². The van der Waals surface area contributed by atoms with Crippen molar-refractivity contribution in [3.63, 3.8) is 0 Å². The van der Waals surface area contributed by atoms with Gasteiger partial charge in [-0.1, -0.05) is 0 Å². The van der Waals surface area contributed by atoms with Gasteiger partial charge in [-0.05, 0) is 0 Å². The van der Waals surface area contributed by atoms with E-state index >= 15 is 0 Å². The summed E-state index contributed by atoms with van der Waals surface area (Å²) in [6.45, 7) is 5.93. The zero-order valence-corrected chi connectivity index (χ0v) is 12.7. The van der Waals surface area contributed by atoms with Crippen LogP contribution in [0.1, 0.15) is 0 Å². The van der Waals surface area contributed by atoms with Crippen LogP contribution >= 0.6 is 26.8 Å². The molecular formula is C5H9Cl3OSiSn. The van der Waals surface area contributed by atoms with Crippen LogP contribution < -0.4 is 0 Å². The molecule has 11 heavy (non-hydrogen) atoms. The van der Waals surface area contributed by atoms with Crippen LogP contribution in [0.3, 0.4) is 0 Å². The Hall–Kier alpha value is 1.34. The number of hydrogen-bond acceptors (Lipinski definition) is 1. The summed E-state index contributed by atoms with van der Waals surface area (Å²) in [6.07, 6.45) is 0. The third-order valence-electron chi connectivity index (χ3n) is 1.14. The summed E-state index contributed by atoms with van der Waals surface area (Å²) >= 11 is -3.65. The van der Waals surface area contributed by atoms with Crippen LogP contribution in [0.15, 0.2) is 3.21 Å². The molecule has 0 unspecified atom stereocenters. The molecule has 0 aliphatic rings. The number of halogens is 3. The number of carbonyl (C=O) groups excluding carboxylic acids is 1. The maximum atomic E-state index is 10.5. The van der Waals surface area contributed by atoms with Gasteiger partial charge in [-0.2, -0.15) is 0 Å². The first-order chi connectivity index (χ1) is 4.69. The van der Waals surface area contributed by atoms with E-state index in [9.17, 15) is 4.79 Å². The Balaban J connectivity index is 4.90. The Bertz CT molecular complexity index is 183. The van der Waals surface area contributed by atoms with Crippen molar-refractivity contribution in [1.82, 2.24) is 0 Å². The Kier molecular flexibility index (Phi) is 4.52. The molecule has 0 saturated carbocycles. The minimum absolute atomic E-state index is 0.497. The molecule has 0 aromatic heterocycles. The number of hydrogen-bond donors (Lipinski definition) is 0. The fourth-order valence-electron chi connectivity index (χ4n) is 0.636. The molecule has 0 atom stereocenters. The van der Waals surface area contributed by atoms with Gasteiger partial charge < -0.3 is 0 Å². The molecule has 0 radical (unpaired) electrons. The van der Waals surface area contributed by atoms with Gasteiger partial charge in [0.2, 0.25) is 0 Å². The molecule has 0 N–H and O–H groups in total. The molecule has 0 bridgehead atoms. The molecule has 0 aromatic carbocycles. The standard InChI is InChI=1S/C5H9OSi.3ClH.Sn/c1-7(2,3)5-4-6;;;;/h1-3H3;3*1H;/q;;;;+3/p-3. The van der Waals surface area contributed by atoms with Crippen molar-refractivity contribution in [2.24, 2.45) is 0 Å². The molecule has 0 spiro atoms. The second kappa shape index (κ2) is 4.03. The van der Waals surface area contributed by atoms with Gasteiger partial charge in [0, 0.05) is 0 Å². The molecule has 0 aromatic rings. The van der Waals surface area contributed by atoms with E-state index in [0.717, 1.165) is 0 Å². The predicted octanol–water partition coefficient (Wildman–Crippen LogP) is 2.82. The van der Waals surface area contributed by atoms with Crippen LogP contribution in [0.25, 0.3) is 0 Å². The van der Waals surface area contributed by atoms with E-state index in [4.69, 9.17) is 26.8 Å². The van der Waals surface area contributed by atoms with Crippen molar-refractivity contribution >= 4 is 55.8 Å². The van der Waals surface area contributed by atoms with Crippen LogP contribution in [-0.2, 0) is 4.79 Å². The van der Waals surface area contributed by atoms with Crippen LogP contribution in [-0.4, -0.2) is 29.0 Å². The SMILES string of the molecule is C[Si](C)(C)[C](=C=O)[Sn]([Cl])([Cl])[Cl]. The molecular weight excluding hydrogens is 329 g/mol. The van der Waals surface area contributed by atoms with Gasteiger partial charge in [0.1, 0.15) is 0 Å². The first-order valence-electron chi connectivity index (χ1n) is 3.02. The number of rotatable bonds is 2. The second-order valence-corrected chi connectivity index (χ2v) is 29.2. The van der Waals surface area contributed by atoms with E-state index in [2.05, 4.69) is 0 Å². The van der Waals surface area contributed by atoms with Crippen molar-refractivity contribution < 1.29 is 4.79 Å². The normalized spacial score (nSPS) is 12.5. The fourth-order valence-corrected chi connectivity index (χ4v) is 27.3. The fraction of sp³-hybridized carbons (Fsp3) is 0.600. The zero-order chi connectivity index (χ0) is 9.28. The van der Waals surface area contributed by atoms with Crippen LogP contribution in [0.5, 0.6) is 0 Å². The van der Waals surface area contributed by atoms with Gasteiger partial charge in [0.25, 0.3) is 0 Å². The summed E-state index contributed by atoms with van der Waals surface area (Å²) in [7, 11) is 15.5. The van der Waals surface area contributed by atoms with Gasteiger partial charge in [-0.15, -0.1) is 0 Å². The molecule has 1 nitrogen and oxygen atoms in total. The quantitative estimate of drug-likeness (QED) is 0.559. The van der Waals surface area contributed by atoms with E-state index in [1.165, 1.54) is 0 Å². The van der Waals surface area contributed by atoms with Gasteiger partial charge in [-0.3, -0.25) is 0 Å². The minimum atomic E-state index is -3.65. The molecule has 0 aliphatic carbocycles. The molecule has 0 amide bonds. The molecule has 64 valence electrons. The molecule has 0 saturated heterocycles. The monoisotopic (exact) mass is 338 g/mol. The Labute approximate surface area is 82.7 Å². The van der Waals surface area contributed by atoms with Gasteiger partial charge in [0.05, 0.1) is 0 Å². The van der Waals surface area contributed by atoms with E-state index in [1.54, 1.807) is 0 Å². The average Bonchev–Trinajstić information content (AvgIpc) is 1.56. The van der Waals surface area contributed by atoms with E-state index < -0.39 is 23.1 Å². The van der Waals surface area contributed by atoms with E-state index in [-0.39, 0.29) is 0 Å². The van der Waals surface area contributed by atoms with Crippen molar-refractivity contribution in [3.05, 3.63) is 3.21 Å². The maximum absolute atomic E-state index is 10.5. The van der Waals surface area contributed by atoms with Crippen LogP contribution in [0.2, 0.25) is 19.6 Å².